The Labute approximate surface area is 171 Å². The number of carbonyl (C=O) groups is 1. The number of halogens is 1. The molecule has 1 amide bonds. The molecule has 0 aliphatic heterocycles. The predicted molar refractivity (Wildman–Crippen MR) is 119 cm³/mol. The largest absolute Gasteiger partial charge is 0.337 e. The third-order valence-corrected chi connectivity index (χ3v) is 4.87. The molecule has 4 nitrogen and oxygen atoms in total. The maximum atomic E-state index is 12.7. The summed E-state index contributed by atoms with van der Waals surface area (Å²) in [5, 5.41) is 7.33. The Bertz CT molecular complexity index is 825. The molecule has 0 aromatic heterocycles. The van der Waals surface area contributed by atoms with Crippen molar-refractivity contribution in [3.8, 4) is 0 Å². The van der Waals surface area contributed by atoms with E-state index in [1.807, 2.05) is 31.7 Å². The smallest absolute Gasteiger partial charge is 0.246 e. The van der Waals surface area contributed by atoms with Gasteiger partial charge in [0.1, 0.15) is 6.04 Å². The number of nitrogens with one attached hydrogen (secondary N) is 2. The van der Waals surface area contributed by atoms with Crippen molar-refractivity contribution in [2.75, 3.05) is 17.2 Å². The van der Waals surface area contributed by atoms with Crippen molar-refractivity contribution in [3.05, 3.63) is 58.6 Å². The highest BCUT2D eigenvalue weighted by molar-refractivity contribution is 7.80. The van der Waals surface area contributed by atoms with Crippen molar-refractivity contribution in [2.24, 2.45) is 0 Å². The standard InChI is InChI=1S/C21H26ClN3OS/c1-5-11-25(21(27)24-19-12-14(2)9-10-15(19)3)16(4)20(26)23-18-8-6-7-17(22)13-18/h6-10,12-13,16H,5,11H2,1-4H3,(H,23,26)(H,24,27)/t16-/m0/s1. The van der Waals surface area contributed by atoms with Crippen LogP contribution in [-0.2, 0) is 4.79 Å². The Hall–Kier alpha value is -2.11. The highest BCUT2D eigenvalue weighted by atomic mass is 35.5. The number of hydrogen-bond acceptors (Lipinski definition) is 2. The third-order valence-electron chi connectivity index (χ3n) is 4.30. The quantitative estimate of drug-likeness (QED) is 0.634. The maximum absolute atomic E-state index is 12.7. The van der Waals surface area contributed by atoms with Crippen LogP contribution in [0.3, 0.4) is 0 Å². The van der Waals surface area contributed by atoms with Crippen LogP contribution < -0.4 is 10.6 Å². The molecule has 0 saturated heterocycles. The van der Waals surface area contributed by atoms with Gasteiger partial charge in [0.2, 0.25) is 5.91 Å². The zero-order valence-corrected chi connectivity index (χ0v) is 17.7. The number of anilines is 2. The second-order valence-electron chi connectivity index (χ2n) is 6.62. The summed E-state index contributed by atoms with van der Waals surface area (Å²) < 4.78 is 0. The molecule has 144 valence electrons. The molecular weight excluding hydrogens is 378 g/mol. The molecule has 1 atom stereocenters. The molecular formula is C21H26ClN3OS. The Kier molecular flexibility index (Phi) is 7.63. The van der Waals surface area contributed by atoms with E-state index in [-0.39, 0.29) is 5.91 Å². The second kappa shape index (κ2) is 9.72. The molecule has 0 bridgehead atoms. The van der Waals surface area contributed by atoms with Crippen LogP contribution in [0, 0.1) is 13.8 Å². The van der Waals surface area contributed by atoms with Gasteiger partial charge in [-0.1, -0.05) is 36.7 Å². The van der Waals surface area contributed by atoms with Gasteiger partial charge in [-0.05, 0) is 74.8 Å². The van der Waals surface area contributed by atoms with E-state index < -0.39 is 6.04 Å². The van der Waals surface area contributed by atoms with Crippen LogP contribution in [0.25, 0.3) is 0 Å². The first kappa shape index (κ1) is 21.2. The predicted octanol–water partition coefficient (Wildman–Crippen LogP) is 5.39. The van der Waals surface area contributed by atoms with E-state index in [2.05, 4.69) is 35.8 Å². The molecule has 0 spiro atoms. The lowest BCUT2D eigenvalue weighted by molar-refractivity contribution is -0.119. The van der Waals surface area contributed by atoms with Gasteiger partial charge in [-0.25, -0.2) is 0 Å². The second-order valence-corrected chi connectivity index (χ2v) is 7.44. The molecule has 27 heavy (non-hydrogen) atoms. The lowest BCUT2D eigenvalue weighted by Gasteiger charge is -2.31. The van der Waals surface area contributed by atoms with Crippen LogP contribution in [0.4, 0.5) is 11.4 Å². The maximum Gasteiger partial charge on any atom is 0.246 e. The van der Waals surface area contributed by atoms with Crippen molar-refractivity contribution in [1.29, 1.82) is 0 Å². The monoisotopic (exact) mass is 403 g/mol. The van der Waals surface area contributed by atoms with Crippen LogP contribution in [0.5, 0.6) is 0 Å². The van der Waals surface area contributed by atoms with E-state index in [9.17, 15) is 4.79 Å². The van der Waals surface area contributed by atoms with Crippen molar-refractivity contribution >= 4 is 46.2 Å². The fourth-order valence-electron chi connectivity index (χ4n) is 2.72. The molecule has 0 saturated carbocycles. The van der Waals surface area contributed by atoms with Gasteiger partial charge in [0, 0.05) is 22.9 Å². The van der Waals surface area contributed by atoms with Crippen molar-refractivity contribution in [1.82, 2.24) is 4.90 Å². The number of benzene rings is 2. The molecule has 0 aliphatic carbocycles. The minimum absolute atomic E-state index is 0.129. The van der Waals surface area contributed by atoms with Crippen LogP contribution in [-0.4, -0.2) is 28.5 Å². The van der Waals surface area contributed by atoms with Gasteiger partial charge in [0.05, 0.1) is 0 Å². The summed E-state index contributed by atoms with van der Waals surface area (Å²) in [6.45, 7) is 8.67. The zero-order valence-electron chi connectivity index (χ0n) is 16.2. The topological polar surface area (TPSA) is 44.4 Å². The summed E-state index contributed by atoms with van der Waals surface area (Å²) in [4.78, 5) is 14.6. The third kappa shape index (κ3) is 5.94. The fourth-order valence-corrected chi connectivity index (χ4v) is 3.27. The summed E-state index contributed by atoms with van der Waals surface area (Å²) in [6.07, 6.45) is 0.878. The summed E-state index contributed by atoms with van der Waals surface area (Å²) in [5.74, 6) is -0.129. The molecule has 6 heteroatoms. The van der Waals surface area contributed by atoms with Crippen molar-refractivity contribution in [3.63, 3.8) is 0 Å². The molecule has 0 aliphatic rings. The number of rotatable bonds is 6. The van der Waals surface area contributed by atoms with Gasteiger partial charge < -0.3 is 15.5 Å². The van der Waals surface area contributed by atoms with Gasteiger partial charge in [-0.3, -0.25) is 4.79 Å². The first-order chi connectivity index (χ1) is 12.8. The molecule has 0 heterocycles. The summed E-state index contributed by atoms with van der Waals surface area (Å²) >= 11 is 11.6. The normalized spacial score (nSPS) is 11.6. The van der Waals surface area contributed by atoms with E-state index in [0.717, 1.165) is 23.2 Å². The molecule has 0 radical (unpaired) electrons. The Morgan fingerprint density at radius 2 is 1.93 bits per heavy atom. The average molecular weight is 404 g/mol. The first-order valence-corrected chi connectivity index (χ1v) is 9.81. The molecule has 2 aromatic rings. The van der Waals surface area contributed by atoms with E-state index in [0.29, 0.717) is 22.4 Å². The molecule has 2 rings (SSSR count). The van der Waals surface area contributed by atoms with Crippen molar-refractivity contribution in [2.45, 2.75) is 40.2 Å². The molecule has 0 fully saturated rings. The van der Waals surface area contributed by atoms with Gasteiger partial charge >= 0.3 is 0 Å². The van der Waals surface area contributed by atoms with Gasteiger partial charge in [-0.2, -0.15) is 0 Å². The van der Waals surface area contributed by atoms with Crippen molar-refractivity contribution < 1.29 is 4.79 Å². The minimum atomic E-state index is -0.422. The van der Waals surface area contributed by atoms with Gasteiger partial charge in [0.15, 0.2) is 5.11 Å². The fraction of sp³-hybridized carbons (Fsp3) is 0.333. The summed E-state index contributed by atoms with van der Waals surface area (Å²) in [5.41, 5.74) is 3.89. The summed E-state index contributed by atoms with van der Waals surface area (Å²) in [7, 11) is 0. The van der Waals surface area contributed by atoms with Crippen LogP contribution >= 0.6 is 23.8 Å². The van der Waals surface area contributed by atoms with E-state index in [1.54, 1.807) is 18.2 Å². The lowest BCUT2D eigenvalue weighted by Crippen LogP contribution is -2.47. The number of carbonyl (C=O) groups excluding carboxylic acids is 1. The number of aryl methyl sites for hydroxylation is 2. The molecule has 2 N–H and O–H groups in total. The number of nitrogens with zero attached hydrogens (tertiary/aromatic N) is 1. The SMILES string of the molecule is CCCN(C(=S)Nc1cc(C)ccc1C)[C@@H](C)C(=O)Nc1cccc(Cl)c1. The molecule has 2 aromatic carbocycles. The average Bonchev–Trinajstić information content (AvgIpc) is 2.62. The Balaban J connectivity index is 2.13. The number of hydrogen-bond donors (Lipinski definition) is 2. The van der Waals surface area contributed by atoms with Gasteiger partial charge in [-0.15, -0.1) is 0 Å². The van der Waals surface area contributed by atoms with Gasteiger partial charge in [0.25, 0.3) is 0 Å². The number of amides is 1. The Morgan fingerprint density at radius 1 is 1.19 bits per heavy atom. The van der Waals surface area contributed by atoms with Crippen LogP contribution in [0.2, 0.25) is 5.02 Å². The molecule has 0 unspecified atom stereocenters. The van der Waals surface area contributed by atoms with E-state index in [4.69, 9.17) is 23.8 Å². The van der Waals surface area contributed by atoms with E-state index >= 15 is 0 Å². The minimum Gasteiger partial charge on any atom is -0.337 e. The highest BCUT2D eigenvalue weighted by Crippen LogP contribution is 2.19. The zero-order chi connectivity index (χ0) is 20.0. The van der Waals surface area contributed by atoms with Crippen LogP contribution in [0.1, 0.15) is 31.4 Å². The Morgan fingerprint density at radius 3 is 2.59 bits per heavy atom. The van der Waals surface area contributed by atoms with Crippen LogP contribution in [0.15, 0.2) is 42.5 Å². The highest BCUT2D eigenvalue weighted by Gasteiger charge is 2.23. The lowest BCUT2D eigenvalue weighted by atomic mass is 10.1. The number of thiocarbonyl (C=S) groups is 1. The summed E-state index contributed by atoms with van der Waals surface area (Å²) in [6, 6.07) is 12.9. The van der Waals surface area contributed by atoms with E-state index in [1.165, 1.54) is 0 Å². The first-order valence-electron chi connectivity index (χ1n) is 9.03.